The van der Waals surface area contributed by atoms with Gasteiger partial charge in [0.15, 0.2) is 11.5 Å². The molecule has 3 rings (SSSR count). The maximum absolute atomic E-state index is 12.6. The lowest BCUT2D eigenvalue weighted by Crippen LogP contribution is -2.05. The molecule has 0 aliphatic rings. The number of ether oxygens (including phenoxy) is 2. The zero-order valence-corrected chi connectivity index (χ0v) is 18.3. The lowest BCUT2D eigenvalue weighted by molar-refractivity contribution is -0.137. The van der Waals surface area contributed by atoms with Gasteiger partial charge in [-0.3, -0.25) is 5.43 Å². The zero-order valence-electron chi connectivity index (χ0n) is 16.8. The van der Waals surface area contributed by atoms with Crippen LogP contribution in [-0.4, -0.2) is 17.8 Å². The predicted octanol–water partition coefficient (Wildman–Crippen LogP) is 6.83. The number of hydrazone groups is 1. The summed E-state index contributed by atoms with van der Waals surface area (Å²) >= 11 is 12.3. The molecule has 0 fully saturated rings. The van der Waals surface area contributed by atoms with Crippen molar-refractivity contribution >= 4 is 35.2 Å². The first-order chi connectivity index (χ1) is 15.3. The molecule has 0 saturated heterocycles. The molecule has 0 bridgehead atoms. The Morgan fingerprint density at radius 3 is 2.44 bits per heavy atom. The second-order valence-electron chi connectivity index (χ2n) is 6.48. The summed E-state index contributed by atoms with van der Waals surface area (Å²) in [5.74, 6) is 0.981. The summed E-state index contributed by atoms with van der Waals surface area (Å²) in [5, 5.41) is 4.94. The van der Waals surface area contributed by atoms with Crippen molar-refractivity contribution in [2.75, 3.05) is 12.0 Å². The Bertz CT molecular complexity index is 1070. The highest BCUT2D eigenvalue weighted by atomic mass is 35.5. The van der Waals surface area contributed by atoms with Crippen LogP contribution in [0, 0.1) is 0 Å². The van der Waals surface area contributed by atoms with Crippen molar-refractivity contribution < 1.29 is 22.6 Å². The fourth-order valence-electron chi connectivity index (χ4n) is 2.60. The maximum Gasteiger partial charge on any atom is 0.417 e. The van der Waals surface area contributed by atoms with Gasteiger partial charge >= 0.3 is 6.18 Å². The Hall–Kier alpha value is -2.97. The molecule has 0 amide bonds. The van der Waals surface area contributed by atoms with Gasteiger partial charge < -0.3 is 9.47 Å². The highest BCUT2D eigenvalue weighted by Crippen LogP contribution is 2.37. The Labute approximate surface area is 192 Å². The summed E-state index contributed by atoms with van der Waals surface area (Å²) in [6.07, 6.45) is -2.27. The van der Waals surface area contributed by atoms with Gasteiger partial charge in [0.05, 0.1) is 23.4 Å². The van der Waals surface area contributed by atoms with Crippen molar-refractivity contribution in [1.82, 2.24) is 4.98 Å². The average molecular weight is 484 g/mol. The Morgan fingerprint density at radius 2 is 1.81 bits per heavy atom. The van der Waals surface area contributed by atoms with E-state index < -0.39 is 11.7 Å². The molecule has 1 N–H and O–H groups in total. The van der Waals surface area contributed by atoms with E-state index in [0.717, 1.165) is 17.8 Å². The van der Waals surface area contributed by atoms with Crippen molar-refractivity contribution in [2.24, 2.45) is 5.10 Å². The van der Waals surface area contributed by atoms with Gasteiger partial charge in [0.2, 0.25) is 0 Å². The number of benzene rings is 2. The number of halogens is 5. The molecular weight excluding hydrogens is 466 g/mol. The standard InChI is InChI=1S/C22H18Cl2F3N3O2/c1-2-31-19-10-15(11-29-30-20-8-5-16(12-28-20)22(25,26)27)9-18(24)21(19)32-13-14-3-6-17(23)7-4-14/h3-12H,2,13H2,1H3,(H,28,30)/b29-11-. The summed E-state index contributed by atoms with van der Waals surface area (Å²) in [7, 11) is 0. The van der Waals surface area contributed by atoms with Gasteiger partial charge in [-0.1, -0.05) is 35.3 Å². The Morgan fingerprint density at radius 1 is 1.06 bits per heavy atom. The first-order valence-electron chi connectivity index (χ1n) is 9.42. The van der Waals surface area contributed by atoms with Crippen molar-refractivity contribution in [3.05, 3.63) is 81.5 Å². The number of nitrogens with zero attached hydrogens (tertiary/aromatic N) is 2. The van der Waals surface area contributed by atoms with Crippen LogP contribution in [0.4, 0.5) is 19.0 Å². The van der Waals surface area contributed by atoms with E-state index in [1.807, 2.05) is 19.1 Å². The molecule has 0 radical (unpaired) electrons. The number of pyridine rings is 1. The SMILES string of the molecule is CCOc1cc(/C=N\Nc2ccc(C(F)(F)F)cn2)cc(Cl)c1OCc1ccc(Cl)cc1. The minimum absolute atomic E-state index is 0.160. The fourth-order valence-corrected chi connectivity index (χ4v) is 3.00. The second kappa shape index (κ2) is 10.6. The van der Waals surface area contributed by atoms with E-state index in [-0.39, 0.29) is 12.4 Å². The Kier molecular flexibility index (Phi) is 7.82. The zero-order chi connectivity index (χ0) is 23.1. The molecule has 1 heterocycles. The molecule has 5 nitrogen and oxygen atoms in total. The smallest absolute Gasteiger partial charge is 0.417 e. The normalized spacial score (nSPS) is 11.6. The van der Waals surface area contributed by atoms with E-state index >= 15 is 0 Å². The van der Waals surface area contributed by atoms with Gasteiger partial charge in [0.1, 0.15) is 12.4 Å². The summed E-state index contributed by atoms with van der Waals surface area (Å²) in [5.41, 5.74) is 3.24. The van der Waals surface area contributed by atoms with E-state index in [1.165, 1.54) is 12.3 Å². The fraction of sp³-hybridized carbons (Fsp3) is 0.182. The molecule has 0 atom stereocenters. The third kappa shape index (κ3) is 6.51. The van der Waals surface area contributed by atoms with Crippen molar-refractivity contribution in [2.45, 2.75) is 19.7 Å². The molecule has 2 aromatic carbocycles. The first kappa shape index (κ1) is 23.7. The molecule has 0 aliphatic carbocycles. The van der Waals surface area contributed by atoms with E-state index in [1.54, 1.807) is 24.3 Å². The number of rotatable bonds is 8. The highest BCUT2D eigenvalue weighted by molar-refractivity contribution is 6.32. The van der Waals surface area contributed by atoms with E-state index in [4.69, 9.17) is 32.7 Å². The monoisotopic (exact) mass is 483 g/mol. The van der Waals surface area contributed by atoms with Crippen LogP contribution in [0.5, 0.6) is 11.5 Å². The van der Waals surface area contributed by atoms with E-state index in [9.17, 15) is 13.2 Å². The average Bonchev–Trinajstić information content (AvgIpc) is 2.74. The molecule has 168 valence electrons. The van der Waals surface area contributed by atoms with Crippen molar-refractivity contribution in [3.63, 3.8) is 0 Å². The largest absolute Gasteiger partial charge is 0.490 e. The lowest BCUT2D eigenvalue weighted by Gasteiger charge is -2.14. The minimum Gasteiger partial charge on any atom is -0.490 e. The van der Waals surface area contributed by atoms with Crippen LogP contribution in [0.2, 0.25) is 10.0 Å². The molecule has 0 aliphatic heterocycles. The summed E-state index contributed by atoms with van der Waals surface area (Å²) in [6, 6.07) is 12.7. The van der Waals surface area contributed by atoms with Crippen LogP contribution in [-0.2, 0) is 12.8 Å². The van der Waals surface area contributed by atoms with Crippen LogP contribution < -0.4 is 14.9 Å². The van der Waals surface area contributed by atoms with Crippen molar-refractivity contribution in [3.8, 4) is 11.5 Å². The highest BCUT2D eigenvalue weighted by Gasteiger charge is 2.30. The summed E-state index contributed by atoms with van der Waals surface area (Å²) in [6.45, 7) is 2.49. The maximum atomic E-state index is 12.6. The van der Waals surface area contributed by atoms with Gasteiger partial charge in [-0.25, -0.2) is 4.98 Å². The molecule has 3 aromatic rings. The van der Waals surface area contributed by atoms with Crippen LogP contribution in [0.25, 0.3) is 0 Å². The number of alkyl halides is 3. The Balaban J connectivity index is 1.71. The van der Waals surface area contributed by atoms with E-state index in [2.05, 4.69) is 15.5 Å². The molecule has 0 spiro atoms. The molecule has 0 unspecified atom stereocenters. The second-order valence-corrected chi connectivity index (χ2v) is 7.32. The molecular formula is C22H18Cl2F3N3O2. The van der Waals surface area contributed by atoms with Crippen molar-refractivity contribution in [1.29, 1.82) is 0 Å². The molecule has 32 heavy (non-hydrogen) atoms. The minimum atomic E-state index is -4.45. The van der Waals surface area contributed by atoms with Crippen LogP contribution in [0.15, 0.2) is 59.8 Å². The first-order valence-corrected chi connectivity index (χ1v) is 10.2. The molecule has 1 aromatic heterocycles. The number of anilines is 1. The number of aromatic nitrogens is 1. The number of hydrogen-bond donors (Lipinski definition) is 1. The van der Waals surface area contributed by atoms with Gasteiger partial charge in [-0.05, 0) is 54.4 Å². The third-order valence-electron chi connectivity index (χ3n) is 4.11. The number of nitrogens with one attached hydrogen (secondary N) is 1. The predicted molar refractivity (Wildman–Crippen MR) is 119 cm³/mol. The third-order valence-corrected chi connectivity index (χ3v) is 4.64. The van der Waals surface area contributed by atoms with Crippen LogP contribution in [0.3, 0.4) is 0 Å². The van der Waals surface area contributed by atoms with Crippen LogP contribution >= 0.6 is 23.2 Å². The van der Waals surface area contributed by atoms with E-state index in [0.29, 0.717) is 33.7 Å². The quantitative estimate of drug-likeness (QED) is 0.281. The number of hydrogen-bond acceptors (Lipinski definition) is 5. The van der Waals surface area contributed by atoms with Gasteiger partial charge in [-0.2, -0.15) is 18.3 Å². The lowest BCUT2D eigenvalue weighted by atomic mass is 10.2. The summed E-state index contributed by atoms with van der Waals surface area (Å²) in [4.78, 5) is 3.69. The van der Waals surface area contributed by atoms with Gasteiger partial charge in [0.25, 0.3) is 0 Å². The summed E-state index contributed by atoms with van der Waals surface area (Å²) < 4.78 is 49.3. The topological polar surface area (TPSA) is 55.7 Å². The van der Waals surface area contributed by atoms with Crippen LogP contribution in [0.1, 0.15) is 23.6 Å². The molecule has 0 saturated carbocycles. The van der Waals surface area contributed by atoms with Gasteiger partial charge in [-0.15, -0.1) is 0 Å². The molecule has 10 heteroatoms. The van der Waals surface area contributed by atoms with Gasteiger partial charge in [0, 0.05) is 11.2 Å².